The van der Waals surface area contributed by atoms with Crippen molar-refractivity contribution in [1.29, 1.82) is 0 Å². The first kappa shape index (κ1) is 19.1. The van der Waals surface area contributed by atoms with Crippen molar-refractivity contribution in [3.63, 3.8) is 0 Å². The minimum absolute atomic E-state index is 0.161. The molecule has 0 radical (unpaired) electrons. The van der Waals surface area contributed by atoms with Gasteiger partial charge >= 0.3 is 0 Å². The van der Waals surface area contributed by atoms with Gasteiger partial charge in [0.25, 0.3) is 11.5 Å². The molecule has 0 atom stereocenters. The maximum atomic E-state index is 12.8. The molecule has 1 aromatic heterocycles. The number of hydrogen-bond acceptors (Lipinski definition) is 3. The predicted octanol–water partition coefficient (Wildman–Crippen LogP) is 4.17. The fourth-order valence-corrected chi connectivity index (χ4v) is 3.36. The molecule has 5 nitrogen and oxygen atoms in total. The monoisotopic (exact) mass is 399 g/mol. The van der Waals surface area contributed by atoms with E-state index < -0.39 is 0 Å². The summed E-state index contributed by atoms with van der Waals surface area (Å²) >= 11 is 11.2. The van der Waals surface area contributed by atoms with Gasteiger partial charge in [0.15, 0.2) is 4.77 Å². The molecule has 1 amide bonds. The third-order valence-electron chi connectivity index (χ3n) is 4.20. The molecule has 0 fully saturated rings. The highest BCUT2D eigenvalue weighted by molar-refractivity contribution is 7.71. The van der Waals surface area contributed by atoms with Crippen molar-refractivity contribution < 1.29 is 4.79 Å². The zero-order chi connectivity index (χ0) is 19.6. The maximum Gasteiger partial charge on any atom is 0.262 e. The largest absolute Gasteiger partial charge is 0.337 e. The Morgan fingerprint density at radius 2 is 2.11 bits per heavy atom. The Bertz CT molecular complexity index is 1150. The van der Waals surface area contributed by atoms with Crippen LogP contribution in [0.1, 0.15) is 15.9 Å². The first-order chi connectivity index (χ1) is 12.9. The van der Waals surface area contributed by atoms with Crippen LogP contribution >= 0.6 is 23.8 Å². The average Bonchev–Trinajstić information content (AvgIpc) is 2.64. The van der Waals surface area contributed by atoms with E-state index in [4.69, 9.17) is 23.8 Å². The van der Waals surface area contributed by atoms with Crippen molar-refractivity contribution in [2.24, 2.45) is 0 Å². The van der Waals surface area contributed by atoms with Crippen molar-refractivity contribution in [1.82, 2.24) is 14.5 Å². The van der Waals surface area contributed by atoms with Gasteiger partial charge < -0.3 is 9.88 Å². The highest BCUT2D eigenvalue weighted by atomic mass is 35.5. The Labute approximate surface area is 166 Å². The molecule has 0 aliphatic carbocycles. The summed E-state index contributed by atoms with van der Waals surface area (Å²) in [5, 5.41) is 1.10. The number of aromatic nitrogens is 2. The number of carbonyl (C=O) groups excluding carboxylic acids is 1. The average molecular weight is 400 g/mol. The van der Waals surface area contributed by atoms with E-state index in [9.17, 15) is 9.59 Å². The number of nitrogens with zero attached hydrogens (tertiary/aromatic N) is 2. The van der Waals surface area contributed by atoms with Crippen LogP contribution in [0.4, 0.5) is 0 Å². The summed E-state index contributed by atoms with van der Waals surface area (Å²) in [6.45, 7) is 4.39. The molecule has 0 saturated carbocycles. The lowest BCUT2D eigenvalue weighted by Gasteiger charge is -2.18. The molecule has 0 saturated heterocycles. The van der Waals surface area contributed by atoms with Crippen LogP contribution in [0.3, 0.4) is 0 Å². The lowest BCUT2D eigenvalue weighted by molar-refractivity contribution is 0.0785. The molecule has 0 aliphatic heterocycles. The number of halogens is 1. The Morgan fingerprint density at radius 3 is 2.81 bits per heavy atom. The van der Waals surface area contributed by atoms with E-state index >= 15 is 0 Å². The van der Waals surface area contributed by atoms with E-state index in [1.807, 2.05) is 18.2 Å². The fourth-order valence-electron chi connectivity index (χ4n) is 2.88. The second-order valence-electron chi connectivity index (χ2n) is 6.19. The molecule has 0 unspecified atom stereocenters. The van der Waals surface area contributed by atoms with Gasteiger partial charge in [0.05, 0.1) is 10.9 Å². The Balaban J connectivity index is 1.93. The Morgan fingerprint density at radius 1 is 1.33 bits per heavy atom. The summed E-state index contributed by atoms with van der Waals surface area (Å²) in [7, 11) is 1.72. The molecule has 1 N–H and O–H groups in total. The van der Waals surface area contributed by atoms with Crippen LogP contribution in [-0.4, -0.2) is 27.4 Å². The van der Waals surface area contributed by atoms with E-state index in [-0.39, 0.29) is 11.5 Å². The van der Waals surface area contributed by atoms with Gasteiger partial charge in [-0.15, -0.1) is 6.58 Å². The van der Waals surface area contributed by atoms with Gasteiger partial charge in [-0.2, -0.15) is 0 Å². The SMILES string of the molecule is C=CCn1c(=S)[nH]c2cc(C(=O)N(C)Cc3cccc(Cl)c3)ccc2c1=O. The molecule has 0 spiro atoms. The number of hydrogen-bond donors (Lipinski definition) is 1. The van der Waals surface area contributed by atoms with Gasteiger partial charge in [0.1, 0.15) is 0 Å². The van der Waals surface area contributed by atoms with Crippen LogP contribution < -0.4 is 5.56 Å². The van der Waals surface area contributed by atoms with Gasteiger partial charge in [0, 0.05) is 30.7 Å². The third-order valence-corrected chi connectivity index (χ3v) is 4.75. The summed E-state index contributed by atoms with van der Waals surface area (Å²) < 4.78 is 1.72. The molecule has 138 valence electrons. The number of H-pyrrole nitrogens is 1. The number of aromatic amines is 1. The predicted molar refractivity (Wildman–Crippen MR) is 111 cm³/mol. The molecule has 1 heterocycles. The second kappa shape index (κ2) is 7.90. The quantitative estimate of drug-likeness (QED) is 0.517. The van der Waals surface area contributed by atoms with Gasteiger partial charge in [-0.05, 0) is 48.1 Å². The van der Waals surface area contributed by atoms with E-state index in [1.54, 1.807) is 42.3 Å². The molecule has 0 aliphatic rings. The maximum absolute atomic E-state index is 12.8. The van der Waals surface area contributed by atoms with Crippen LogP contribution in [0.5, 0.6) is 0 Å². The van der Waals surface area contributed by atoms with Crippen molar-refractivity contribution in [3.8, 4) is 0 Å². The van der Waals surface area contributed by atoms with E-state index in [1.165, 1.54) is 4.57 Å². The molecular formula is C20H18ClN3O2S. The lowest BCUT2D eigenvalue weighted by atomic mass is 10.1. The van der Waals surface area contributed by atoms with Crippen LogP contribution in [0.2, 0.25) is 5.02 Å². The number of nitrogens with one attached hydrogen (secondary N) is 1. The molecule has 3 rings (SSSR count). The van der Waals surface area contributed by atoms with Gasteiger partial charge in [-0.25, -0.2) is 0 Å². The van der Waals surface area contributed by atoms with Gasteiger partial charge in [0.2, 0.25) is 0 Å². The molecule has 27 heavy (non-hydrogen) atoms. The van der Waals surface area contributed by atoms with Crippen LogP contribution in [-0.2, 0) is 13.1 Å². The fraction of sp³-hybridized carbons (Fsp3) is 0.150. The molecule has 0 bridgehead atoms. The first-order valence-electron chi connectivity index (χ1n) is 8.28. The van der Waals surface area contributed by atoms with Gasteiger partial charge in [-0.1, -0.05) is 29.8 Å². The van der Waals surface area contributed by atoms with Crippen LogP contribution in [0.25, 0.3) is 10.9 Å². The highest BCUT2D eigenvalue weighted by Crippen LogP contribution is 2.16. The number of fused-ring (bicyclic) bond motifs is 1. The Kier molecular flexibility index (Phi) is 5.58. The van der Waals surface area contributed by atoms with Crippen molar-refractivity contribution in [2.75, 3.05) is 7.05 Å². The number of allylic oxidation sites excluding steroid dienone is 1. The lowest BCUT2D eigenvalue weighted by Crippen LogP contribution is -2.26. The zero-order valence-corrected chi connectivity index (χ0v) is 16.3. The molecule has 2 aromatic carbocycles. The molecule has 7 heteroatoms. The minimum Gasteiger partial charge on any atom is -0.337 e. The number of amides is 1. The standard InChI is InChI=1S/C20H18ClN3O2S/c1-3-9-24-19(26)16-8-7-14(11-17(16)22-20(24)27)18(25)23(2)12-13-5-4-6-15(21)10-13/h3-8,10-11H,1,9,12H2,2H3,(H,22,27). The zero-order valence-electron chi connectivity index (χ0n) is 14.7. The summed E-state index contributed by atoms with van der Waals surface area (Å²) in [4.78, 5) is 29.9. The summed E-state index contributed by atoms with van der Waals surface area (Å²) in [6, 6.07) is 12.3. The Hall–Kier alpha value is -2.70. The van der Waals surface area contributed by atoms with Crippen molar-refractivity contribution in [2.45, 2.75) is 13.1 Å². The second-order valence-corrected chi connectivity index (χ2v) is 7.01. The normalized spacial score (nSPS) is 10.7. The van der Waals surface area contributed by atoms with Crippen molar-refractivity contribution >= 4 is 40.6 Å². The number of rotatable bonds is 5. The third kappa shape index (κ3) is 4.02. The summed E-state index contributed by atoms with van der Waals surface area (Å²) in [6.07, 6.45) is 1.61. The number of benzene rings is 2. The van der Waals surface area contributed by atoms with E-state index in [0.29, 0.717) is 39.3 Å². The summed E-state index contributed by atoms with van der Waals surface area (Å²) in [5.41, 5.74) is 1.73. The van der Waals surface area contributed by atoms with Crippen LogP contribution in [0.15, 0.2) is 59.9 Å². The highest BCUT2D eigenvalue weighted by Gasteiger charge is 2.14. The number of carbonyl (C=O) groups is 1. The van der Waals surface area contributed by atoms with E-state index in [2.05, 4.69) is 11.6 Å². The van der Waals surface area contributed by atoms with Gasteiger partial charge in [-0.3, -0.25) is 14.2 Å². The van der Waals surface area contributed by atoms with Crippen LogP contribution in [0, 0.1) is 4.77 Å². The minimum atomic E-state index is -0.208. The van der Waals surface area contributed by atoms with E-state index in [0.717, 1.165) is 5.56 Å². The first-order valence-corrected chi connectivity index (χ1v) is 9.07. The van der Waals surface area contributed by atoms with Crippen molar-refractivity contribution in [3.05, 3.63) is 86.4 Å². The molecule has 3 aromatic rings. The smallest absolute Gasteiger partial charge is 0.262 e. The molecular weight excluding hydrogens is 382 g/mol. The topological polar surface area (TPSA) is 58.1 Å². The summed E-state index contributed by atoms with van der Waals surface area (Å²) in [5.74, 6) is -0.161.